The molecule has 0 atom stereocenters. The maximum absolute atomic E-state index is 8.98. The van der Waals surface area contributed by atoms with Crippen LogP contribution in [0.2, 0.25) is 5.02 Å². The molecule has 2 aromatic rings. The van der Waals surface area contributed by atoms with Crippen molar-refractivity contribution in [2.75, 3.05) is 25.0 Å². The van der Waals surface area contributed by atoms with Gasteiger partial charge in [0.2, 0.25) is 0 Å². The van der Waals surface area contributed by atoms with Crippen molar-refractivity contribution in [2.45, 2.75) is 19.4 Å². The fraction of sp³-hybridized carbons (Fsp3) is 0.368. The van der Waals surface area contributed by atoms with Crippen LogP contribution in [0.3, 0.4) is 0 Å². The van der Waals surface area contributed by atoms with E-state index in [1.54, 1.807) is 6.07 Å². The van der Waals surface area contributed by atoms with Crippen LogP contribution >= 0.6 is 11.6 Å². The number of pyridine rings is 1. The van der Waals surface area contributed by atoms with Crippen LogP contribution in [-0.4, -0.2) is 29.5 Å². The van der Waals surface area contributed by atoms with E-state index in [4.69, 9.17) is 16.9 Å². The Bertz CT molecular complexity index is 703. The number of aromatic nitrogens is 1. The zero-order valence-corrected chi connectivity index (χ0v) is 14.3. The lowest BCUT2D eigenvalue weighted by atomic mass is 9.96. The third-order valence-electron chi connectivity index (χ3n) is 4.48. The van der Waals surface area contributed by atoms with Crippen molar-refractivity contribution in [3.05, 3.63) is 58.7 Å². The van der Waals surface area contributed by atoms with E-state index in [0.29, 0.717) is 10.9 Å². The van der Waals surface area contributed by atoms with Crippen molar-refractivity contribution in [1.82, 2.24) is 9.88 Å². The van der Waals surface area contributed by atoms with Crippen molar-refractivity contribution in [2.24, 2.45) is 5.92 Å². The number of rotatable bonds is 5. The number of nitrogens with one attached hydrogen (secondary N) is 1. The molecule has 4 nitrogen and oxygen atoms in total. The van der Waals surface area contributed by atoms with Gasteiger partial charge < -0.3 is 5.32 Å². The van der Waals surface area contributed by atoms with E-state index in [1.165, 1.54) is 18.4 Å². The van der Waals surface area contributed by atoms with E-state index in [2.05, 4.69) is 45.5 Å². The summed E-state index contributed by atoms with van der Waals surface area (Å²) >= 11 is 5.91. The van der Waals surface area contributed by atoms with Crippen LogP contribution < -0.4 is 5.32 Å². The number of anilines is 1. The summed E-state index contributed by atoms with van der Waals surface area (Å²) in [5.74, 6) is 1.36. The highest BCUT2D eigenvalue weighted by Gasteiger charge is 2.19. The third-order valence-corrected chi connectivity index (χ3v) is 4.78. The molecule has 0 saturated carbocycles. The van der Waals surface area contributed by atoms with Gasteiger partial charge in [0.1, 0.15) is 11.9 Å². The summed E-state index contributed by atoms with van der Waals surface area (Å²) in [7, 11) is 0. The van der Waals surface area contributed by atoms with E-state index in [9.17, 15) is 0 Å². The Balaban J connectivity index is 1.45. The molecule has 0 unspecified atom stereocenters. The van der Waals surface area contributed by atoms with Crippen molar-refractivity contribution in [3.63, 3.8) is 0 Å². The molecule has 0 amide bonds. The first-order chi connectivity index (χ1) is 11.7. The summed E-state index contributed by atoms with van der Waals surface area (Å²) in [5.41, 5.74) is 1.66. The first-order valence-corrected chi connectivity index (χ1v) is 8.69. The lowest BCUT2D eigenvalue weighted by molar-refractivity contribution is 0.182. The fourth-order valence-corrected chi connectivity index (χ4v) is 3.21. The molecule has 1 aliphatic rings. The van der Waals surface area contributed by atoms with E-state index in [1.807, 2.05) is 12.1 Å². The van der Waals surface area contributed by atoms with Gasteiger partial charge in [-0.2, -0.15) is 5.26 Å². The lowest BCUT2D eigenvalue weighted by Gasteiger charge is -2.32. The molecule has 24 heavy (non-hydrogen) atoms. The Hall–Kier alpha value is -2.09. The minimum Gasteiger partial charge on any atom is -0.370 e. The van der Waals surface area contributed by atoms with Gasteiger partial charge >= 0.3 is 0 Å². The van der Waals surface area contributed by atoms with Gasteiger partial charge in [-0.3, -0.25) is 4.90 Å². The largest absolute Gasteiger partial charge is 0.370 e. The summed E-state index contributed by atoms with van der Waals surface area (Å²) in [4.78, 5) is 6.75. The quantitative estimate of drug-likeness (QED) is 0.896. The van der Waals surface area contributed by atoms with Gasteiger partial charge in [0.15, 0.2) is 5.69 Å². The molecule has 1 aromatic carbocycles. The number of likely N-dealkylation sites (tertiary alicyclic amines) is 1. The fourth-order valence-electron chi connectivity index (χ4n) is 3.06. The minimum atomic E-state index is 0.277. The highest BCUT2D eigenvalue weighted by Crippen LogP contribution is 2.21. The van der Waals surface area contributed by atoms with Gasteiger partial charge in [-0.05, 0) is 49.5 Å². The lowest BCUT2D eigenvalue weighted by Crippen LogP contribution is -2.35. The van der Waals surface area contributed by atoms with Crippen molar-refractivity contribution in [3.8, 4) is 6.07 Å². The number of nitriles is 1. The topological polar surface area (TPSA) is 52.0 Å². The second kappa shape index (κ2) is 8.14. The summed E-state index contributed by atoms with van der Waals surface area (Å²) < 4.78 is 0. The number of hydrogen-bond donors (Lipinski definition) is 1. The predicted octanol–water partition coefficient (Wildman–Crippen LogP) is 3.93. The summed E-state index contributed by atoms with van der Waals surface area (Å²) in [6, 6.07) is 16.2. The molecule has 3 rings (SSSR count). The zero-order chi connectivity index (χ0) is 16.8. The normalized spacial score (nSPS) is 15.8. The molecule has 0 bridgehead atoms. The third kappa shape index (κ3) is 4.47. The summed E-state index contributed by atoms with van der Waals surface area (Å²) in [6.45, 7) is 4.17. The molecule has 0 aliphatic carbocycles. The minimum absolute atomic E-state index is 0.277. The second-order valence-corrected chi connectivity index (χ2v) is 6.63. The first kappa shape index (κ1) is 16.8. The number of halogens is 1. The van der Waals surface area contributed by atoms with Gasteiger partial charge in [0.25, 0.3) is 0 Å². The highest BCUT2D eigenvalue weighted by atomic mass is 35.5. The highest BCUT2D eigenvalue weighted by molar-refractivity contribution is 6.31. The Labute approximate surface area is 148 Å². The molecule has 1 fully saturated rings. The molecule has 124 valence electrons. The van der Waals surface area contributed by atoms with E-state index in [-0.39, 0.29) is 5.69 Å². The molecule has 1 aromatic heterocycles. The molecule has 2 heterocycles. The number of benzene rings is 1. The van der Waals surface area contributed by atoms with Crippen LogP contribution in [0.1, 0.15) is 24.1 Å². The Morgan fingerprint density at radius 1 is 1.17 bits per heavy atom. The Morgan fingerprint density at radius 2 is 1.92 bits per heavy atom. The van der Waals surface area contributed by atoms with E-state index >= 15 is 0 Å². The number of nitrogens with zero attached hydrogens (tertiary/aromatic N) is 3. The van der Waals surface area contributed by atoms with Crippen LogP contribution in [0.15, 0.2) is 42.5 Å². The van der Waals surface area contributed by atoms with Crippen LogP contribution in [-0.2, 0) is 6.54 Å². The van der Waals surface area contributed by atoms with Crippen LogP contribution in [0.4, 0.5) is 5.82 Å². The van der Waals surface area contributed by atoms with Crippen molar-refractivity contribution < 1.29 is 0 Å². The molecular formula is C19H21ClN4. The van der Waals surface area contributed by atoms with Gasteiger partial charge in [0, 0.05) is 13.1 Å². The number of hydrogen-bond acceptors (Lipinski definition) is 4. The average molecular weight is 341 g/mol. The molecule has 1 saturated heterocycles. The van der Waals surface area contributed by atoms with Gasteiger partial charge in [-0.15, -0.1) is 0 Å². The van der Waals surface area contributed by atoms with Gasteiger partial charge in [-0.25, -0.2) is 4.98 Å². The van der Waals surface area contributed by atoms with E-state index in [0.717, 1.165) is 32.0 Å². The predicted molar refractivity (Wildman–Crippen MR) is 96.9 cm³/mol. The summed E-state index contributed by atoms with van der Waals surface area (Å²) in [6.07, 6.45) is 2.36. The SMILES string of the molecule is N#Cc1nc(NCC2CCN(Cc3ccccc3)CC2)ccc1Cl. The standard InChI is InChI=1S/C19H21ClN4/c20-17-6-7-19(23-18(17)12-21)22-13-15-8-10-24(11-9-15)14-16-4-2-1-3-5-16/h1-7,15H,8-11,13-14H2,(H,22,23). The Morgan fingerprint density at radius 3 is 2.62 bits per heavy atom. The maximum atomic E-state index is 8.98. The van der Waals surface area contributed by atoms with Gasteiger partial charge in [-0.1, -0.05) is 41.9 Å². The monoisotopic (exact) mass is 340 g/mol. The van der Waals surface area contributed by atoms with Gasteiger partial charge in [0.05, 0.1) is 5.02 Å². The average Bonchev–Trinajstić information content (AvgIpc) is 2.63. The molecule has 5 heteroatoms. The number of piperidine rings is 1. The molecule has 1 N–H and O–H groups in total. The molecule has 1 aliphatic heterocycles. The molecular weight excluding hydrogens is 320 g/mol. The molecule has 0 radical (unpaired) electrons. The van der Waals surface area contributed by atoms with Crippen LogP contribution in [0.25, 0.3) is 0 Å². The maximum Gasteiger partial charge on any atom is 0.161 e. The second-order valence-electron chi connectivity index (χ2n) is 6.22. The van der Waals surface area contributed by atoms with Crippen molar-refractivity contribution in [1.29, 1.82) is 5.26 Å². The van der Waals surface area contributed by atoms with Crippen LogP contribution in [0, 0.1) is 17.2 Å². The van der Waals surface area contributed by atoms with Crippen molar-refractivity contribution >= 4 is 17.4 Å². The smallest absolute Gasteiger partial charge is 0.161 e. The first-order valence-electron chi connectivity index (χ1n) is 8.31. The van der Waals surface area contributed by atoms with Crippen LogP contribution in [0.5, 0.6) is 0 Å². The molecule has 0 spiro atoms. The zero-order valence-electron chi connectivity index (χ0n) is 13.6. The summed E-state index contributed by atoms with van der Waals surface area (Å²) in [5, 5.41) is 12.7. The Kier molecular flexibility index (Phi) is 5.68. The van der Waals surface area contributed by atoms with E-state index < -0.39 is 0 Å².